The van der Waals surface area contributed by atoms with Crippen molar-refractivity contribution in [1.82, 2.24) is 5.32 Å². The average Bonchev–Trinajstić information content (AvgIpc) is 2.46. The number of methoxy groups -OCH3 is 1. The van der Waals surface area contributed by atoms with Gasteiger partial charge in [-0.05, 0) is 49.5 Å². The van der Waals surface area contributed by atoms with Crippen molar-refractivity contribution in [1.29, 1.82) is 0 Å². The summed E-state index contributed by atoms with van der Waals surface area (Å²) in [5.41, 5.74) is 1.35. The second-order valence-electron chi connectivity index (χ2n) is 4.46. The second kappa shape index (κ2) is 6.40. The second-order valence-corrected chi connectivity index (χ2v) is 4.46. The lowest BCUT2D eigenvalue weighted by Crippen LogP contribution is -2.26. The predicted octanol–water partition coefficient (Wildman–Crippen LogP) is 1.71. The van der Waals surface area contributed by atoms with Crippen molar-refractivity contribution in [3.05, 3.63) is 29.8 Å². The Kier molecular flexibility index (Phi) is 4.59. The van der Waals surface area contributed by atoms with Crippen molar-refractivity contribution in [2.75, 3.05) is 26.8 Å². The lowest BCUT2D eigenvalue weighted by molar-refractivity contribution is -0.142. The molecule has 0 amide bonds. The molecule has 4 nitrogen and oxygen atoms in total. The number of ether oxygens (including phenoxy) is 2. The Morgan fingerprint density at radius 2 is 1.94 bits per heavy atom. The van der Waals surface area contributed by atoms with Gasteiger partial charge in [0, 0.05) is 0 Å². The Morgan fingerprint density at radius 3 is 2.56 bits per heavy atom. The highest BCUT2D eigenvalue weighted by atomic mass is 16.6. The fourth-order valence-electron chi connectivity index (χ4n) is 2.19. The van der Waals surface area contributed by atoms with Crippen LogP contribution in [-0.4, -0.2) is 32.8 Å². The summed E-state index contributed by atoms with van der Waals surface area (Å²) in [6.45, 7) is 2.14. The van der Waals surface area contributed by atoms with Gasteiger partial charge in [-0.15, -0.1) is 0 Å². The summed E-state index contributed by atoms with van der Waals surface area (Å²) in [4.78, 5) is 10.9. The molecule has 2 rings (SSSR count). The van der Waals surface area contributed by atoms with Crippen LogP contribution in [0.2, 0.25) is 0 Å². The van der Waals surface area contributed by atoms with Crippen LogP contribution in [0, 0.1) is 0 Å². The van der Waals surface area contributed by atoms with E-state index in [-0.39, 0.29) is 12.6 Å². The van der Waals surface area contributed by atoms with E-state index in [4.69, 9.17) is 4.74 Å². The van der Waals surface area contributed by atoms with Crippen molar-refractivity contribution in [3.8, 4) is 5.75 Å². The first-order chi connectivity index (χ1) is 8.79. The average molecular weight is 249 g/mol. The number of rotatable bonds is 4. The summed E-state index contributed by atoms with van der Waals surface area (Å²) in [5.74, 6) is 0.983. The molecule has 0 saturated carbocycles. The molecule has 0 atom stereocenters. The van der Waals surface area contributed by atoms with Gasteiger partial charge in [0.05, 0.1) is 7.11 Å². The molecule has 1 aliphatic rings. The van der Waals surface area contributed by atoms with Crippen LogP contribution in [-0.2, 0) is 9.53 Å². The number of carbonyl (C=O) groups is 1. The predicted molar refractivity (Wildman–Crippen MR) is 68.8 cm³/mol. The zero-order valence-electron chi connectivity index (χ0n) is 10.6. The van der Waals surface area contributed by atoms with Gasteiger partial charge in [0.1, 0.15) is 5.75 Å². The summed E-state index contributed by atoms with van der Waals surface area (Å²) >= 11 is 0. The molecule has 1 aromatic rings. The van der Waals surface area contributed by atoms with Crippen LogP contribution < -0.4 is 10.1 Å². The van der Waals surface area contributed by atoms with E-state index in [0.29, 0.717) is 11.7 Å². The van der Waals surface area contributed by atoms with E-state index >= 15 is 0 Å². The largest absolute Gasteiger partial charge is 0.482 e. The summed E-state index contributed by atoms with van der Waals surface area (Å²) < 4.78 is 9.83. The number of hydrogen-bond acceptors (Lipinski definition) is 4. The molecule has 0 spiro atoms. The number of nitrogens with one attached hydrogen (secondary N) is 1. The number of hydrogen-bond donors (Lipinski definition) is 1. The summed E-state index contributed by atoms with van der Waals surface area (Å²) in [7, 11) is 1.35. The molecular weight excluding hydrogens is 230 g/mol. The van der Waals surface area contributed by atoms with Crippen molar-refractivity contribution in [2.24, 2.45) is 0 Å². The molecule has 1 heterocycles. The van der Waals surface area contributed by atoms with Crippen LogP contribution in [0.1, 0.15) is 24.3 Å². The first-order valence-corrected chi connectivity index (χ1v) is 6.30. The SMILES string of the molecule is COC(=O)COc1ccc(C2CCNCC2)cc1. The number of benzene rings is 1. The van der Waals surface area contributed by atoms with E-state index in [2.05, 4.69) is 22.2 Å². The molecule has 0 unspecified atom stereocenters. The number of carbonyl (C=O) groups excluding carboxylic acids is 1. The highest BCUT2D eigenvalue weighted by molar-refractivity contribution is 5.70. The van der Waals surface area contributed by atoms with Gasteiger partial charge in [-0.1, -0.05) is 12.1 Å². The van der Waals surface area contributed by atoms with Crippen LogP contribution in [0.5, 0.6) is 5.75 Å². The van der Waals surface area contributed by atoms with Crippen molar-refractivity contribution in [3.63, 3.8) is 0 Å². The maximum Gasteiger partial charge on any atom is 0.343 e. The molecular formula is C14H19NO3. The summed E-state index contributed by atoms with van der Waals surface area (Å²) in [6.07, 6.45) is 2.37. The normalized spacial score (nSPS) is 16.3. The number of esters is 1. The lowest BCUT2D eigenvalue weighted by Gasteiger charge is -2.23. The van der Waals surface area contributed by atoms with Crippen LogP contribution in [0.3, 0.4) is 0 Å². The molecule has 0 bridgehead atoms. The van der Waals surface area contributed by atoms with E-state index in [1.807, 2.05) is 12.1 Å². The van der Waals surface area contributed by atoms with Crippen LogP contribution in [0.15, 0.2) is 24.3 Å². The molecule has 4 heteroatoms. The molecule has 18 heavy (non-hydrogen) atoms. The van der Waals surface area contributed by atoms with Gasteiger partial charge in [0.15, 0.2) is 6.61 Å². The molecule has 1 fully saturated rings. The van der Waals surface area contributed by atoms with Crippen molar-refractivity contribution in [2.45, 2.75) is 18.8 Å². The summed E-state index contributed by atoms with van der Waals surface area (Å²) in [6, 6.07) is 8.01. The maximum atomic E-state index is 10.9. The van der Waals surface area contributed by atoms with E-state index in [1.165, 1.54) is 25.5 Å². The lowest BCUT2D eigenvalue weighted by atomic mass is 9.90. The minimum atomic E-state index is -0.363. The third kappa shape index (κ3) is 3.47. The molecule has 0 radical (unpaired) electrons. The minimum absolute atomic E-state index is 0.0385. The fourth-order valence-corrected chi connectivity index (χ4v) is 2.19. The Balaban J connectivity index is 1.90. The standard InChI is InChI=1S/C14H19NO3/c1-17-14(16)10-18-13-4-2-11(3-5-13)12-6-8-15-9-7-12/h2-5,12,15H,6-10H2,1H3. The third-order valence-electron chi connectivity index (χ3n) is 3.28. The zero-order chi connectivity index (χ0) is 12.8. The fraction of sp³-hybridized carbons (Fsp3) is 0.500. The highest BCUT2D eigenvalue weighted by Crippen LogP contribution is 2.26. The topological polar surface area (TPSA) is 47.6 Å². The van der Waals surface area contributed by atoms with Gasteiger partial charge in [-0.25, -0.2) is 4.79 Å². The van der Waals surface area contributed by atoms with Crippen molar-refractivity contribution < 1.29 is 14.3 Å². The van der Waals surface area contributed by atoms with Crippen LogP contribution >= 0.6 is 0 Å². The van der Waals surface area contributed by atoms with Gasteiger partial charge in [0.2, 0.25) is 0 Å². The van der Waals surface area contributed by atoms with Gasteiger partial charge in [-0.3, -0.25) is 0 Å². The third-order valence-corrected chi connectivity index (χ3v) is 3.28. The molecule has 0 aliphatic carbocycles. The molecule has 1 N–H and O–H groups in total. The first-order valence-electron chi connectivity index (χ1n) is 6.30. The number of piperidine rings is 1. The smallest absolute Gasteiger partial charge is 0.343 e. The van der Waals surface area contributed by atoms with Crippen LogP contribution in [0.4, 0.5) is 0 Å². The van der Waals surface area contributed by atoms with Crippen molar-refractivity contribution >= 4 is 5.97 Å². The van der Waals surface area contributed by atoms with E-state index in [1.54, 1.807) is 0 Å². The Hall–Kier alpha value is -1.55. The quantitative estimate of drug-likeness (QED) is 0.825. The molecule has 0 aromatic heterocycles. The summed E-state index contributed by atoms with van der Waals surface area (Å²) in [5, 5.41) is 3.36. The molecule has 1 aromatic carbocycles. The Labute approximate surface area is 107 Å². The maximum absolute atomic E-state index is 10.9. The van der Waals surface area contributed by atoms with E-state index < -0.39 is 0 Å². The molecule has 1 saturated heterocycles. The molecule has 1 aliphatic heterocycles. The van der Waals surface area contributed by atoms with Crippen LogP contribution in [0.25, 0.3) is 0 Å². The first kappa shape index (κ1) is 12.9. The minimum Gasteiger partial charge on any atom is -0.482 e. The van der Waals surface area contributed by atoms with Gasteiger partial charge < -0.3 is 14.8 Å². The van der Waals surface area contributed by atoms with E-state index in [9.17, 15) is 4.79 Å². The Morgan fingerprint density at radius 1 is 1.28 bits per heavy atom. The van der Waals surface area contributed by atoms with Gasteiger partial charge in [-0.2, -0.15) is 0 Å². The molecule has 98 valence electrons. The van der Waals surface area contributed by atoms with Gasteiger partial charge in [0.25, 0.3) is 0 Å². The highest BCUT2D eigenvalue weighted by Gasteiger charge is 2.14. The Bertz CT molecular complexity index is 383. The van der Waals surface area contributed by atoms with Gasteiger partial charge >= 0.3 is 5.97 Å². The monoisotopic (exact) mass is 249 g/mol. The van der Waals surface area contributed by atoms with E-state index in [0.717, 1.165) is 13.1 Å². The zero-order valence-corrected chi connectivity index (χ0v) is 10.6.